The molecule has 0 aliphatic carbocycles. The van der Waals surface area contributed by atoms with E-state index in [0.717, 1.165) is 18.8 Å². The highest BCUT2D eigenvalue weighted by molar-refractivity contribution is 5.47. The zero-order valence-electron chi connectivity index (χ0n) is 11.9. The lowest BCUT2D eigenvalue weighted by Gasteiger charge is -2.19. The molecule has 3 heteroatoms. The minimum Gasteiger partial charge on any atom is -0.370 e. The molecule has 20 heavy (non-hydrogen) atoms. The average molecular weight is 267 g/mol. The molecule has 0 spiro atoms. The molecule has 1 unspecified atom stereocenters. The molecule has 2 atom stereocenters. The van der Waals surface area contributed by atoms with Gasteiger partial charge in [0.25, 0.3) is 0 Å². The molecule has 1 fully saturated rings. The summed E-state index contributed by atoms with van der Waals surface area (Å²) in [5.41, 5.74) is 9.43. The van der Waals surface area contributed by atoms with E-state index >= 15 is 0 Å². The maximum Gasteiger partial charge on any atom is 0.0569 e. The number of benzene rings is 1. The summed E-state index contributed by atoms with van der Waals surface area (Å²) < 4.78 is 0. The molecule has 0 amide bonds. The molecule has 2 heterocycles. The first kappa shape index (κ1) is 13.1. The summed E-state index contributed by atoms with van der Waals surface area (Å²) in [5, 5.41) is 0. The van der Waals surface area contributed by atoms with Crippen LogP contribution in [-0.2, 0) is 0 Å². The Bertz CT molecular complexity index is 548. The smallest absolute Gasteiger partial charge is 0.0569 e. The van der Waals surface area contributed by atoms with Crippen LogP contribution in [0.3, 0.4) is 0 Å². The highest BCUT2D eigenvalue weighted by atomic mass is 15.2. The molecule has 0 radical (unpaired) electrons. The van der Waals surface area contributed by atoms with E-state index in [4.69, 9.17) is 5.73 Å². The van der Waals surface area contributed by atoms with Crippen molar-refractivity contribution in [1.82, 2.24) is 4.98 Å². The van der Waals surface area contributed by atoms with Gasteiger partial charge in [-0.25, -0.2) is 0 Å². The number of rotatable bonds is 3. The maximum absolute atomic E-state index is 5.84. The van der Waals surface area contributed by atoms with E-state index in [1.165, 1.54) is 17.7 Å². The average Bonchev–Trinajstić information content (AvgIpc) is 2.98. The van der Waals surface area contributed by atoms with Gasteiger partial charge in [-0.1, -0.05) is 30.3 Å². The van der Waals surface area contributed by atoms with Crippen molar-refractivity contribution < 1.29 is 0 Å². The summed E-state index contributed by atoms with van der Waals surface area (Å²) in [4.78, 5) is 6.87. The standard InChI is InChI=1S/C17H21N3/c1-13(18)17-8-7-16(11-19-17)20-10-9-15(12-20)14-5-3-2-4-6-14/h2-8,11,13,15H,9-10,12,18H2,1H3/t13-,15?/m1/s1. The first-order chi connectivity index (χ1) is 9.74. The van der Waals surface area contributed by atoms with Gasteiger partial charge in [-0.15, -0.1) is 0 Å². The van der Waals surface area contributed by atoms with Crippen LogP contribution in [0.1, 0.15) is 36.6 Å². The van der Waals surface area contributed by atoms with E-state index in [9.17, 15) is 0 Å². The monoisotopic (exact) mass is 267 g/mol. The van der Waals surface area contributed by atoms with Crippen molar-refractivity contribution in [3.8, 4) is 0 Å². The topological polar surface area (TPSA) is 42.1 Å². The van der Waals surface area contributed by atoms with Crippen LogP contribution in [0.15, 0.2) is 48.7 Å². The van der Waals surface area contributed by atoms with Crippen molar-refractivity contribution in [3.05, 3.63) is 59.9 Å². The van der Waals surface area contributed by atoms with Gasteiger partial charge >= 0.3 is 0 Å². The van der Waals surface area contributed by atoms with Crippen LogP contribution >= 0.6 is 0 Å². The van der Waals surface area contributed by atoms with Gasteiger partial charge in [0.05, 0.1) is 17.6 Å². The third-order valence-corrected chi connectivity index (χ3v) is 4.06. The van der Waals surface area contributed by atoms with Gasteiger partial charge in [0.15, 0.2) is 0 Å². The van der Waals surface area contributed by atoms with Crippen molar-refractivity contribution in [3.63, 3.8) is 0 Å². The molecule has 1 saturated heterocycles. The second-order valence-electron chi connectivity index (χ2n) is 5.57. The number of hydrogen-bond donors (Lipinski definition) is 1. The fraction of sp³-hybridized carbons (Fsp3) is 0.353. The Morgan fingerprint density at radius 2 is 2.00 bits per heavy atom. The van der Waals surface area contributed by atoms with E-state index in [1.807, 2.05) is 19.2 Å². The molecule has 104 valence electrons. The highest BCUT2D eigenvalue weighted by Gasteiger charge is 2.24. The Hall–Kier alpha value is -1.87. The third-order valence-electron chi connectivity index (χ3n) is 4.06. The van der Waals surface area contributed by atoms with Gasteiger partial charge in [-0.3, -0.25) is 4.98 Å². The zero-order chi connectivity index (χ0) is 13.9. The van der Waals surface area contributed by atoms with Crippen LogP contribution in [0, 0.1) is 0 Å². The van der Waals surface area contributed by atoms with Gasteiger partial charge < -0.3 is 10.6 Å². The molecule has 0 bridgehead atoms. The molecule has 3 rings (SSSR count). The molecule has 1 aromatic carbocycles. The first-order valence-corrected chi connectivity index (χ1v) is 7.25. The van der Waals surface area contributed by atoms with Crippen LogP contribution in [0.4, 0.5) is 5.69 Å². The van der Waals surface area contributed by atoms with E-state index in [1.54, 1.807) is 0 Å². The molecular formula is C17H21N3. The number of aromatic nitrogens is 1. The van der Waals surface area contributed by atoms with Crippen molar-refractivity contribution in [2.75, 3.05) is 18.0 Å². The van der Waals surface area contributed by atoms with Crippen molar-refractivity contribution in [2.24, 2.45) is 5.73 Å². The summed E-state index contributed by atoms with van der Waals surface area (Å²) in [6.45, 7) is 4.13. The number of pyridine rings is 1. The summed E-state index contributed by atoms with van der Waals surface area (Å²) in [6, 6.07) is 15.0. The predicted molar refractivity (Wildman–Crippen MR) is 82.9 cm³/mol. The minimum absolute atomic E-state index is 0.000282. The Labute approximate surface area is 120 Å². The lowest BCUT2D eigenvalue weighted by atomic mass is 9.99. The Kier molecular flexibility index (Phi) is 3.70. The number of nitrogens with zero attached hydrogens (tertiary/aromatic N) is 2. The molecule has 1 aromatic heterocycles. The van der Waals surface area contributed by atoms with E-state index in [-0.39, 0.29) is 6.04 Å². The number of anilines is 1. The number of hydrogen-bond acceptors (Lipinski definition) is 3. The molecule has 3 nitrogen and oxygen atoms in total. The highest BCUT2D eigenvalue weighted by Crippen LogP contribution is 2.30. The van der Waals surface area contributed by atoms with Gasteiger partial charge in [-0.05, 0) is 31.0 Å². The van der Waals surface area contributed by atoms with Gasteiger partial charge in [0, 0.05) is 25.0 Å². The van der Waals surface area contributed by atoms with E-state index in [0.29, 0.717) is 5.92 Å². The fourth-order valence-corrected chi connectivity index (χ4v) is 2.85. The van der Waals surface area contributed by atoms with Crippen molar-refractivity contribution in [2.45, 2.75) is 25.3 Å². The second kappa shape index (κ2) is 5.63. The van der Waals surface area contributed by atoms with E-state index in [2.05, 4.69) is 46.3 Å². The molecular weight excluding hydrogens is 246 g/mol. The summed E-state index contributed by atoms with van der Waals surface area (Å²) in [7, 11) is 0. The lowest BCUT2D eigenvalue weighted by Crippen LogP contribution is -2.19. The zero-order valence-corrected chi connectivity index (χ0v) is 11.9. The Morgan fingerprint density at radius 1 is 1.20 bits per heavy atom. The largest absolute Gasteiger partial charge is 0.370 e. The third kappa shape index (κ3) is 2.68. The van der Waals surface area contributed by atoms with Crippen LogP contribution in [0.25, 0.3) is 0 Å². The SMILES string of the molecule is C[C@@H](N)c1ccc(N2CCC(c3ccccc3)C2)cn1. The molecule has 1 aliphatic rings. The van der Waals surface area contributed by atoms with Crippen molar-refractivity contribution in [1.29, 1.82) is 0 Å². The Morgan fingerprint density at radius 3 is 2.65 bits per heavy atom. The van der Waals surface area contributed by atoms with Crippen LogP contribution < -0.4 is 10.6 Å². The molecule has 1 aliphatic heterocycles. The normalized spacial score (nSPS) is 20.1. The van der Waals surface area contributed by atoms with Gasteiger partial charge in [0.1, 0.15) is 0 Å². The molecule has 2 N–H and O–H groups in total. The maximum atomic E-state index is 5.84. The fourth-order valence-electron chi connectivity index (χ4n) is 2.85. The van der Waals surface area contributed by atoms with Crippen molar-refractivity contribution >= 4 is 5.69 Å². The van der Waals surface area contributed by atoms with E-state index < -0.39 is 0 Å². The first-order valence-electron chi connectivity index (χ1n) is 7.25. The number of nitrogens with two attached hydrogens (primary N) is 1. The van der Waals surface area contributed by atoms with Crippen LogP contribution in [0.5, 0.6) is 0 Å². The Balaban J connectivity index is 1.71. The molecule has 0 saturated carbocycles. The molecule has 2 aromatic rings. The van der Waals surface area contributed by atoms with Crippen LogP contribution in [0.2, 0.25) is 0 Å². The van der Waals surface area contributed by atoms with Gasteiger partial charge in [-0.2, -0.15) is 0 Å². The minimum atomic E-state index is -0.000282. The quantitative estimate of drug-likeness (QED) is 0.929. The predicted octanol–water partition coefficient (Wildman–Crippen LogP) is 3.10. The lowest BCUT2D eigenvalue weighted by molar-refractivity contribution is 0.772. The summed E-state index contributed by atoms with van der Waals surface area (Å²) in [6.07, 6.45) is 3.16. The van der Waals surface area contributed by atoms with Crippen LogP contribution in [-0.4, -0.2) is 18.1 Å². The summed E-state index contributed by atoms with van der Waals surface area (Å²) >= 11 is 0. The summed E-state index contributed by atoms with van der Waals surface area (Å²) in [5.74, 6) is 0.629. The van der Waals surface area contributed by atoms with Gasteiger partial charge in [0.2, 0.25) is 0 Å². The second-order valence-corrected chi connectivity index (χ2v) is 5.57.